The Hall–Kier alpha value is -2.97. The molecule has 1 fully saturated rings. The van der Waals surface area contributed by atoms with Crippen LogP contribution in [-0.4, -0.2) is 61.2 Å². The number of aromatic nitrogens is 3. The van der Waals surface area contributed by atoms with Crippen molar-refractivity contribution < 1.29 is 9.90 Å². The lowest BCUT2D eigenvalue weighted by atomic mass is 10.0. The van der Waals surface area contributed by atoms with Crippen LogP contribution in [0.15, 0.2) is 24.3 Å². The van der Waals surface area contributed by atoms with E-state index in [1.165, 1.54) is 0 Å². The highest BCUT2D eigenvalue weighted by molar-refractivity contribution is 5.99. The Kier molecular flexibility index (Phi) is 4.91. The zero-order chi connectivity index (χ0) is 21.7. The van der Waals surface area contributed by atoms with Crippen molar-refractivity contribution in [3.8, 4) is 11.3 Å². The molecule has 2 aromatic heterocycles. The number of fused-ring (bicyclic) bond motifs is 2. The lowest BCUT2D eigenvalue weighted by molar-refractivity contribution is -0.00266. The maximum absolute atomic E-state index is 12.8. The van der Waals surface area contributed by atoms with Gasteiger partial charge >= 0.3 is 0 Å². The Morgan fingerprint density at radius 1 is 1.32 bits per heavy atom. The van der Waals surface area contributed by atoms with Crippen molar-refractivity contribution in [2.45, 2.75) is 51.9 Å². The van der Waals surface area contributed by atoms with Gasteiger partial charge in [0.25, 0.3) is 5.91 Å². The van der Waals surface area contributed by atoms with E-state index in [1.54, 1.807) is 0 Å². The van der Waals surface area contributed by atoms with Gasteiger partial charge in [0.1, 0.15) is 5.52 Å². The molecule has 0 aliphatic carbocycles. The number of hydrogen-bond donors (Lipinski definition) is 3. The van der Waals surface area contributed by atoms with E-state index in [0.29, 0.717) is 37.5 Å². The number of nitrogen functional groups attached to an aromatic ring is 1. The fraction of sp³-hybridized carbons (Fsp3) is 0.435. The predicted molar refractivity (Wildman–Crippen MR) is 119 cm³/mol. The average molecular weight is 421 g/mol. The minimum atomic E-state index is -0.254. The van der Waals surface area contributed by atoms with E-state index >= 15 is 0 Å². The number of carbonyl (C=O) groups is 1. The van der Waals surface area contributed by atoms with Crippen LogP contribution >= 0.6 is 0 Å². The first kappa shape index (κ1) is 20.0. The molecule has 1 amide bonds. The van der Waals surface area contributed by atoms with Gasteiger partial charge in [0, 0.05) is 43.3 Å². The van der Waals surface area contributed by atoms with E-state index in [-0.39, 0.29) is 18.1 Å². The minimum absolute atomic E-state index is 0.113. The molecule has 2 aliphatic rings. The number of aromatic amines is 1. The largest absolute Gasteiger partial charge is 0.390 e. The third kappa shape index (κ3) is 3.45. The summed E-state index contributed by atoms with van der Waals surface area (Å²) in [5, 5.41) is 16.8. The molecule has 4 heterocycles. The van der Waals surface area contributed by atoms with E-state index in [9.17, 15) is 9.90 Å². The number of aliphatic hydroxyl groups excluding tert-OH is 1. The molecule has 0 radical (unpaired) electrons. The molecule has 162 valence electrons. The van der Waals surface area contributed by atoms with E-state index in [0.717, 1.165) is 46.3 Å². The molecule has 0 saturated carbocycles. The zero-order valence-electron chi connectivity index (χ0n) is 17.9. The number of nitrogens with one attached hydrogen (secondary N) is 1. The Labute approximate surface area is 181 Å². The highest BCUT2D eigenvalue weighted by Crippen LogP contribution is 2.32. The molecule has 0 bridgehead atoms. The molecule has 1 saturated heterocycles. The van der Waals surface area contributed by atoms with Crippen molar-refractivity contribution in [1.82, 2.24) is 25.0 Å². The maximum Gasteiger partial charge on any atom is 0.254 e. The molecule has 1 aromatic carbocycles. The van der Waals surface area contributed by atoms with Crippen molar-refractivity contribution in [3.63, 3.8) is 0 Å². The quantitative estimate of drug-likeness (QED) is 0.565. The number of pyridine rings is 1. The van der Waals surface area contributed by atoms with Gasteiger partial charge < -0.3 is 15.7 Å². The normalized spacial score (nSPS) is 17.9. The molecule has 5 rings (SSSR count). The van der Waals surface area contributed by atoms with Crippen LogP contribution in [0.5, 0.6) is 0 Å². The van der Waals surface area contributed by atoms with Crippen LogP contribution in [0, 0.1) is 0 Å². The molecular formula is C23H28N6O2. The topological polar surface area (TPSA) is 111 Å². The van der Waals surface area contributed by atoms with Gasteiger partial charge in [-0.15, -0.1) is 0 Å². The zero-order valence-corrected chi connectivity index (χ0v) is 17.9. The number of hydrogen-bond acceptors (Lipinski definition) is 6. The summed E-state index contributed by atoms with van der Waals surface area (Å²) in [5.41, 5.74) is 12.2. The van der Waals surface area contributed by atoms with Gasteiger partial charge in [-0.25, -0.2) is 4.98 Å². The number of likely N-dealkylation sites (tertiary alicyclic amines) is 1. The molecule has 8 heteroatoms. The van der Waals surface area contributed by atoms with Gasteiger partial charge in [-0.1, -0.05) is 19.4 Å². The lowest BCUT2D eigenvalue weighted by Crippen LogP contribution is -2.49. The molecule has 1 unspecified atom stereocenters. The third-order valence-corrected chi connectivity index (χ3v) is 6.44. The second-order valence-corrected chi connectivity index (χ2v) is 8.79. The third-order valence-electron chi connectivity index (χ3n) is 6.44. The first-order valence-electron chi connectivity index (χ1n) is 10.9. The summed E-state index contributed by atoms with van der Waals surface area (Å²) >= 11 is 0. The maximum atomic E-state index is 12.8. The van der Waals surface area contributed by atoms with E-state index in [4.69, 9.17) is 10.7 Å². The smallest absolute Gasteiger partial charge is 0.254 e. The number of rotatable bonds is 6. The SMILES string of the molecule is CCCC(C)N1Cc2cc(-c3cc(CN4CC(O)C4)c4[nH]nc(N)c4n3)ccc2C1=O. The van der Waals surface area contributed by atoms with Crippen molar-refractivity contribution in [2.75, 3.05) is 18.8 Å². The Morgan fingerprint density at radius 3 is 2.87 bits per heavy atom. The van der Waals surface area contributed by atoms with Gasteiger partial charge in [0.15, 0.2) is 5.82 Å². The Balaban J connectivity index is 1.50. The first-order chi connectivity index (χ1) is 14.9. The monoisotopic (exact) mass is 420 g/mol. The Morgan fingerprint density at radius 2 is 2.13 bits per heavy atom. The second-order valence-electron chi connectivity index (χ2n) is 8.79. The summed E-state index contributed by atoms with van der Waals surface area (Å²) in [6.07, 6.45) is 1.80. The van der Waals surface area contributed by atoms with Crippen LogP contribution in [0.25, 0.3) is 22.3 Å². The van der Waals surface area contributed by atoms with Crippen LogP contribution in [0.4, 0.5) is 5.82 Å². The van der Waals surface area contributed by atoms with Gasteiger partial charge in [-0.3, -0.25) is 14.8 Å². The van der Waals surface area contributed by atoms with Crippen LogP contribution in [0.3, 0.4) is 0 Å². The van der Waals surface area contributed by atoms with Gasteiger partial charge in [-0.05, 0) is 42.7 Å². The molecular weight excluding hydrogens is 392 g/mol. The van der Waals surface area contributed by atoms with Crippen LogP contribution < -0.4 is 5.73 Å². The standard InChI is InChI=1S/C23H28N6O2/c1-3-4-13(2)29-10-15-7-14(5-6-18(15)23(29)31)19-8-16(9-28-11-17(30)12-28)20-21(25-19)22(24)27-26-20/h5-8,13,17,30H,3-4,9-12H2,1-2H3,(H3,24,26,27). The van der Waals surface area contributed by atoms with Crippen LogP contribution in [0.1, 0.15) is 48.2 Å². The van der Waals surface area contributed by atoms with Crippen molar-refractivity contribution >= 4 is 22.8 Å². The summed E-state index contributed by atoms with van der Waals surface area (Å²) in [4.78, 5) is 21.8. The highest BCUT2D eigenvalue weighted by atomic mass is 16.3. The van der Waals surface area contributed by atoms with Gasteiger partial charge in [-0.2, -0.15) is 5.10 Å². The number of benzene rings is 1. The highest BCUT2D eigenvalue weighted by Gasteiger charge is 2.31. The number of carbonyl (C=O) groups excluding carboxylic acids is 1. The fourth-order valence-electron chi connectivity index (χ4n) is 4.69. The minimum Gasteiger partial charge on any atom is -0.390 e. The number of H-pyrrole nitrogens is 1. The number of amides is 1. The summed E-state index contributed by atoms with van der Waals surface area (Å²) in [6, 6.07) is 8.24. The molecule has 4 N–H and O–H groups in total. The summed E-state index contributed by atoms with van der Waals surface area (Å²) < 4.78 is 0. The first-order valence-corrected chi connectivity index (χ1v) is 10.9. The van der Waals surface area contributed by atoms with E-state index < -0.39 is 0 Å². The van der Waals surface area contributed by atoms with Gasteiger partial charge in [0.05, 0.1) is 17.3 Å². The molecule has 31 heavy (non-hydrogen) atoms. The summed E-state index contributed by atoms with van der Waals surface area (Å²) in [7, 11) is 0. The second kappa shape index (κ2) is 7.62. The number of anilines is 1. The summed E-state index contributed by atoms with van der Waals surface area (Å²) in [5.74, 6) is 0.486. The van der Waals surface area contributed by atoms with Crippen molar-refractivity contribution in [3.05, 3.63) is 41.0 Å². The van der Waals surface area contributed by atoms with Crippen molar-refractivity contribution in [1.29, 1.82) is 0 Å². The Bertz CT molecular complexity index is 1150. The number of aliphatic hydroxyl groups is 1. The number of nitrogens with zero attached hydrogens (tertiary/aromatic N) is 4. The van der Waals surface area contributed by atoms with E-state index in [2.05, 4.69) is 41.1 Å². The molecule has 1 atom stereocenters. The average Bonchev–Trinajstić information content (AvgIpc) is 3.27. The van der Waals surface area contributed by atoms with Gasteiger partial charge in [0.2, 0.25) is 0 Å². The number of nitrogens with two attached hydrogens (primary N) is 1. The van der Waals surface area contributed by atoms with Crippen molar-refractivity contribution in [2.24, 2.45) is 0 Å². The molecule has 8 nitrogen and oxygen atoms in total. The molecule has 0 spiro atoms. The number of β-amino-alcohol motifs (C(OH)–C–C–N with tert-alkyl or cyclic N) is 1. The summed E-state index contributed by atoms with van der Waals surface area (Å²) in [6.45, 7) is 6.91. The predicted octanol–water partition coefficient (Wildman–Crippen LogP) is 2.53. The molecule has 3 aromatic rings. The van der Waals surface area contributed by atoms with E-state index in [1.807, 2.05) is 17.0 Å². The fourth-order valence-corrected chi connectivity index (χ4v) is 4.69. The van der Waals surface area contributed by atoms with Crippen LogP contribution in [0.2, 0.25) is 0 Å². The molecule has 2 aliphatic heterocycles. The van der Waals surface area contributed by atoms with Crippen LogP contribution in [-0.2, 0) is 13.1 Å². The lowest BCUT2D eigenvalue weighted by Gasteiger charge is -2.35.